The summed E-state index contributed by atoms with van der Waals surface area (Å²) in [6.45, 7) is 7.67. The monoisotopic (exact) mass is 354 g/mol. The zero-order valence-corrected chi connectivity index (χ0v) is 15.7. The highest BCUT2D eigenvalue weighted by Crippen LogP contribution is 2.21. The van der Waals surface area contributed by atoms with E-state index in [9.17, 15) is 9.59 Å². The molecule has 2 heterocycles. The predicted octanol–water partition coefficient (Wildman–Crippen LogP) is 2.74. The van der Waals surface area contributed by atoms with Gasteiger partial charge in [0.15, 0.2) is 0 Å². The van der Waals surface area contributed by atoms with E-state index in [0.29, 0.717) is 17.6 Å². The molecule has 1 N–H and O–H groups in total. The Balaban J connectivity index is 1.83. The fourth-order valence-corrected chi connectivity index (χ4v) is 3.25. The van der Waals surface area contributed by atoms with Gasteiger partial charge in [-0.3, -0.25) is 14.2 Å². The topological polar surface area (TPSA) is 67.2 Å². The van der Waals surface area contributed by atoms with Crippen LogP contribution in [0, 0.1) is 19.8 Å². The predicted molar refractivity (Wildman–Crippen MR) is 104 cm³/mol. The van der Waals surface area contributed by atoms with Gasteiger partial charge in [0.05, 0.1) is 0 Å². The molecule has 1 aliphatic heterocycles. The number of amides is 1. The van der Waals surface area contributed by atoms with Gasteiger partial charge in [-0.15, -0.1) is 0 Å². The van der Waals surface area contributed by atoms with Crippen LogP contribution in [0.3, 0.4) is 0 Å². The molecule has 1 fully saturated rings. The number of rotatable bonds is 4. The van der Waals surface area contributed by atoms with E-state index in [2.05, 4.69) is 22.1 Å². The van der Waals surface area contributed by atoms with E-state index in [4.69, 9.17) is 0 Å². The summed E-state index contributed by atoms with van der Waals surface area (Å²) in [4.78, 5) is 31.8. The summed E-state index contributed by atoms with van der Waals surface area (Å²) in [6, 6.07) is 9.08. The first-order valence-electron chi connectivity index (χ1n) is 9.13. The Morgan fingerprint density at radius 3 is 2.62 bits per heavy atom. The number of nitrogens with zero attached hydrogens (tertiary/aromatic N) is 3. The molecule has 1 aromatic carbocycles. The number of hydrogen-bond acceptors (Lipinski definition) is 4. The average molecular weight is 354 g/mol. The molecule has 1 aromatic heterocycles. The van der Waals surface area contributed by atoms with Crippen molar-refractivity contribution in [2.75, 3.05) is 23.3 Å². The van der Waals surface area contributed by atoms with E-state index in [1.54, 1.807) is 0 Å². The summed E-state index contributed by atoms with van der Waals surface area (Å²) in [5.41, 5.74) is 2.24. The highest BCUT2D eigenvalue weighted by atomic mass is 16.2. The van der Waals surface area contributed by atoms with Crippen LogP contribution in [0.2, 0.25) is 0 Å². The summed E-state index contributed by atoms with van der Waals surface area (Å²) in [5, 5.41) is 2.89. The average Bonchev–Trinajstić information content (AvgIpc) is 2.60. The van der Waals surface area contributed by atoms with Crippen molar-refractivity contribution in [3.05, 3.63) is 51.9 Å². The number of carbonyl (C=O) groups excluding carboxylic acids is 1. The van der Waals surface area contributed by atoms with E-state index in [0.717, 1.165) is 37.2 Å². The molecular weight excluding hydrogens is 328 g/mol. The molecule has 0 saturated carbocycles. The van der Waals surface area contributed by atoms with Gasteiger partial charge in [-0.05, 0) is 44.2 Å². The molecule has 138 valence electrons. The molecule has 26 heavy (non-hydrogen) atoms. The maximum atomic E-state index is 12.5. The molecule has 0 spiro atoms. The Morgan fingerprint density at radius 2 is 1.92 bits per heavy atom. The van der Waals surface area contributed by atoms with Crippen molar-refractivity contribution in [3.63, 3.8) is 0 Å². The maximum absolute atomic E-state index is 12.5. The molecule has 6 heteroatoms. The standard InChI is InChI=1S/C20H26N4O2/c1-14-8-10-23(11-9-14)20-21-16(3)12-19(26)24(20)13-18(25)22-17-7-5-4-6-15(17)2/h4-7,12,14H,8-11,13H2,1-3H3,(H,22,25). The minimum absolute atomic E-state index is 0.0398. The lowest BCUT2D eigenvalue weighted by atomic mass is 10.00. The number of aryl methyl sites for hydroxylation is 2. The number of para-hydroxylation sites is 1. The summed E-state index contributed by atoms with van der Waals surface area (Å²) in [7, 11) is 0. The normalized spacial score (nSPS) is 15.1. The van der Waals surface area contributed by atoms with Crippen molar-refractivity contribution in [1.82, 2.24) is 9.55 Å². The Bertz CT molecular complexity index is 851. The summed E-state index contributed by atoms with van der Waals surface area (Å²) in [5.74, 6) is 1.06. The van der Waals surface area contributed by atoms with E-state index < -0.39 is 0 Å². The summed E-state index contributed by atoms with van der Waals surface area (Å²) < 4.78 is 1.48. The molecule has 2 aromatic rings. The van der Waals surface area contributed by atoms with E-state index in [1.165, 1.54) is 10.6 Å². The number of piperidine rings is 1. The molecule has 3 rings (SSSR count). The van der Waals surface area contributed by atoms with Crippen molar-refractivity contribution < 1.29 is 4.79 Å². The quantitative estimate of drug-likeness (QED) is 0.917. The van der Waals surface area contributed by atoms with Crippen molar-refractivity contribution in [1.29, 1.82) is 0 Å². The summed E-state index contributed by atoms with van der Waals surface area (Å²) in [6.07, 6.45) is 2.14. The number of benzene rings is 1. The number of anilines is 2. The minimum Gasteiger partial charge on any atom is -0.342 e. The van der Waals surface area contributed by atoms with Crippen molar-refractivity contribution in [2.45, 2.75) is 40.2 Å². The van der Waals surface area contributed by atoms with E-state index >= 15 is 0 Å². The molecule has 0 bridgehead atoms. The van der Waals surface area contributed by atoms with Crippen LogP contribution in [-0.4, -0.2) is 28.5 Å². The minimum atomic E-state index is -0.223. The van der Waals surface area contributed by atoms with Gasteiger partial charge in [-0.1, -0.05) is 25.1 Å². The Morgan fingerprint density at radius 1 is 1.23 bits per heavy atom. The van der Waals surface area contributed by atoms with Crippen LogP contribution in [0.1, 0.15) is 31.0 Å². The zero-order chi connectivity index (χ0) is 18.7. The summed E-state index contributed by atoms with van der Waals surface area (Å²) >= 11 is 0. The molecule has 1 saturated heterocycles. The Labute approximate surface area is 153 Å². The molecule has 0 radical (unpaired) electrons. The zero-order valence-electron chi connectivity index (χ0n) is 15.7. The van der Waals surface area contributed by atoms with E-state index in [-0.39, 0.29) is 18.0 Å². The first-order valence-corrected chi connectivity index (χ1v) is 9.13. The van der Waals surface area contributed by atoms with Crippen LogP contribution in [-0.2, 0) is 11.3 Å². The molecule has 0 atom stereocenters. The highest BCUT2D eigenvalue weighted by Gasteiger charge is 2.21. The number of nitrogens with one attached hydrogen (secondary N) is 1. The molecule has 0 aliphatic carbocycles. The fourth-order valence-electron chi connectivity index (χ4n) is 3.25. The Hall–Kier alpha value is -2.63. The van der Waals surface area contributed by atoms with Crippen LogP contribution < -0.4 is 15.8 Å². The van der Waals surface area contributed by atoms with Crippen LogP contribution in [0.4, 0.5) is 11.6 Å². The first kappa shape index (κ1) is 18.2. The number of aromatic nitrogens is 2. The smallest absolute Gasteiger partial charge is 0.255 e. The van der Waals surface area contributed by atoms with Gasteiger partial charge in [0, 0.05) is 30.5 Å². The maximum Gasteiger partial charge on any atom is 0.255 e. The van der Waals surface area contributed by atoms with Crippen molar-refractivity contribution in [3.8, 4) is 0 Å². The fraction of sp³-hybridized carbons (Fsp3) is 0.450. The van der Waals surface area contributed by atoms with E-state index in [1.807, 2.05) is 38.1 Å². The SMILES string of the molecule is Cc1cc(=O)n(CC(=O)Nc2ccccc2C)c(N2CCC(C)CC2)n1. The van der Waals surface area contributed by atoms with Crippen molar-refractivity contribution >= 4 is 17.5 Å². The van der Waals surface area contributed by atoms with Crippen LogP contribution in [0.15, 0.2) is 35.1 Å². The third kappa shape index (κ3) is 4.12. The van der Waals surface area contributed by atoms with Crippen LogP contribution in [0.5, 0.6) is 0 Å². The van der Waals surface area contributed by atoms with Gasteiger partial charge in [-0.2, -0.15) is 0 Å². The lowest BCUT2D eigenvalue weighted by Gasteiger charge is -2.32. The lowest BCUT2D eigenvalue weighted by molar-refractivity contribution is -0.116. The number of hydrogen-bond donors (Lipinski definition) is 1. The second-order valence-electron chi connectivity index (χ2n) is 7.15. The first-order chi connectivity index (χ1) is 12.4. The lowest BCUT2D eigenvalue weighted by Crippen LogP contribution is -2.39. The van der Waals surface area contributed by atoms with Gasteiger partial charge < -0.3 is 10.2 Å². The largest absolute Gasteiger partial charge is 0.342 e. The third-order valence-corrected chi connectivity index (χ3v) is 4.90. The molecule has 0 unspecified atom stereocenters. The van der Waals surface area contributed by atoms with Gasteiger partial charge in [0.1, 0.15) is 6.54 Å². The van der Waals surface area contributed by atoms with Crippen LogP contribution >= 0.6 is 0 Å². The molecule has 1 amide bonds. The van der Waals surface area contributed by atoms with Gasteiger partial charge >= 0.3 is 0 Å². The second kappa shape index (κ2) is 7.72. The van der Waals surface area contributed by atoms with Gasteiger partial charge in [-0.25, -0.2) is 4.98 Å². The third-order valence-electron chi connectivity index (χ3n) is 4.90. The molecule has 6 nitrogen and oxygen atoms in total. The molecular formula is C20H26N4O2. The van der Waals surface area contributed by atoms with Gasteiger partial charge in [0.25, 0.3) is 5.56 Å². The van der Waals surface area contributed by atoms with Crippen LogP contribution in [0.25, 0.3) is 0 Å². The Kier molecular flexibility index (Phi) is 5.40. The highest BCUT2D eigenvalue weighted by molar-refractivity contribution is 5.91. The van der Waals surface area contributed by atoms with Crippen molar-refractivity contribution in [2.24, 2.45) is 5.92 Å². The number of carbonyl (C=O) groups is 1. The second-order valence-corrected chi connectivity index (χ2v) is 7.15. The molecule has 1 aliphatic rings. The van der Waals surface area contributed by atoms with Gasteiger partial charge in [0.2, 0.25) is 11.9 Å².